The molecule has 1 atom stereocenters. The Bertz CT molecular complexity index is 848. The smallest absolute Gasteiger partial charge is 0.234 e. The third-order valence-electron chi connectivity index (χ3n) is 4.04. The van der Waals surface area contributed by atoms with Crippen molar-refractivity contribution in [1.82, 2.24) is 4.90 Å². The molecule has 0 saturated heterocycles. The summed E-state index contributed by atoms with van der Waals surface area (Å²) in [5.74, 6) is 1.66. The molecule has 28 heavy (non-hydrogen) atoms. The van der Waals surface area contributed by atoms with E-state index >= 15 is 0 Å². The van der Waals surface area contributed by atoms with E-state index in [0.717, 1.165) is 15.9 Å². The van der Waals surface area contributed by atoms with E-state index in [1.54, 1.807) is 11.9 Å². The lowest BCUT2D eigenvalue weighted by molar-refractivity contribution is -0.128. The molecule has 0 saturated carbocycles. The SMILES string of the molecule is CN(CC1COc2ccccc2O1)C(=O)CSCC(=O)Nc1cccc(Br)c1. The van der Waals surface area contributed by atoms with Crippen molar-refractivity contribution < 1.29 is 19.1 Å². The van der Waals surface area contributed by atoms with Crippen LogP contribution in [0.3, 0.4) is 0 Å². The predicted molar refractivity (Wildman–Crippen MR) is 114 cm³/mol. The van der Waals surface area contributed by atoms with Gasteiger partial charge in [-0.2, -0.15) is 0 Å². The molecule has 1 unspecified atom stereocenters. The summed E-state index contributed by atoms with van der Waals surface area (Å²) in [4.78, 5) is 25.9. The van der Waals surface area contributed by atoms with E-state index in [2.05, 4.69) is 21.2 Å². The quantitative estimate of drug-likeness (QED) is 0.679. The van der Waals surface area contributed by atoms with Crippen molar-refractivity contribution in [3.63, 3.8) is 0 Å². The first-order chi connectivity index (χ1) is 13.5. The maximum absolute atomic E-state index is 12.3. The van der Waals surface area contributed by atoms with E-state index < -0.39 is 0 Å². The van der Waals surface area contributed by atoms with Gasteiger partial charge in [-0.1, -0.05) is 34.1 Å². The van der Waals surface area contributed by atoms with Gasteiger partial charge in [-0.25, -0.2) is 0 Å². The maximum Gasteiger partial charge on any atom is 0.234 e. The average Bonchev–Trinajstić information content (AvgIpc) is 2.67. The van der Waals surface area contributed by atoms with Crippen molar-refractivity contribution in [2.45, 2.75) is 6.10 Å². The molecule has 0 fully saturated rings. The molecule has 2 amide bonds. The fraction of sp³-hybridized carbons (Fsp3) is 0.300. The number of hydrogen-bond donors (Lipinski definition) is 1. The Labute approximate surface area is 176 Å². The minimum atomic E-state index is -0.214. The number of likely N-dealkylation sites (N-methyl/N-ethyl adjacent to an activating group) is 1. The summed E-state index contributed by atoms with van der Waals surface area (Å²) in [6.07, 6.45) is -0.214. The van der Waals surface area contributed by atoms with Gasteiger partial charge in [-0.15, -0.1) is 11.8 Å². The number of carbonyl (C=O) groups is 2. The number of anilines is 1. The molecule has 148 valence electrons. The first kappa shape index (κ1) is 20.5. The topological polar surface area (TPSA) is 67.9 Å². The average molecular weight is 465 g/mol. The Balaban J connectivity index is 1.38. The van der Waals surface area contributed by atoms with Crippen molar-refractivity contribution in [3.8, 4) is 11.5 Å². The largest absolute Gasteiger partial charge is 0.486 e. The molecule has 3 rings (SSSR count). The molecular weight excluding hydrogens is 444 g/mol. The van der Waals surface area contributed by atoms with Gasteiger partial charge in [0.25, 0.3) is 0 Å². The standard InChI is InChI=1S/C20H21BrN2O4S/c1-23(10-16-11-26-17-7-2-3-8-18(17)27-16)20(25)13-28-12-19(24)22-15-6-4-5-14(21)9-15/h2-9,16H,10-13H2,1H3,(H,22,24). The highest BCUT2D eigenvalue weighted by Crippen LogP contribution is 2.31. The van der Waals surface area contributed by atoms with Gasteiger partial charge in [0.1, 0.15) is 6.61 Å². The molecular formula is C20H21BrN2O4S. The summed E-state index contributed by atoms with van der Waals surface area (Å²) in [6.45, 7) is 0.828. The summed E-state index contributed by atoms with van der Waals surface area (Å²) in [6, 6.07) is 14.9. The number of halogens is 1. The van der Waals surface area contributed by atoms with Gasteiger partial charge in [0.05, 0.1) is 18.1 Å². The van der Waals surface area contributed by atoms with Gasteiger partial charge >= 0.3 is 0 Å². The van der Waals surface area contributed by atoms with E-state index in [9.17, 15) is 9.59 Å². The number of nitrogens with zero attached hydrogens (tertiary/aromatic N) is 1. The normalized spacial score (nSPS) is 15.0. The molecule has 0 aromatic heterocycles. The zero-order valence-corrected chi connectivity index (χ0v) is 17.8. The Kier molecular flexibility index (Phi) is 7.22. The Morgan fingerprint density at radius 3 is 2.75 bits per heavy atom. The van der Waals surface area contributed by atoms with Gasteiger partial charge in [0.2, 0.25) is 11.8 Å². The fourth-order valence-corrected chi connectivity index (χ4v) is 3.82. The van der Waals surface area contributed by atoms with Gasteiger partial charge in [-0.05, 0) is 30.3 Å². The van der Waals surface area contributed by atoms with Crippen LogP contribution in [0.25, 0.3) is 0 Å². The zero-order chi connectivity index (χ0) is 19.9. The summed E-state index contributed by atoms with van der Waals surface area (Å²) in [7, 11) is 1.73. The van der Waals surface area contributed by atoms with Crippen molar-refractivity contribution in [2.24, 2.45) is 0 Å². The lowest BCUT2D eigenvalue weighted by Gasteiger charge is -2.29. The van der Waals surface area contributed by atoms with Crippen LogP contribution in [0, 0.1) is 0 Å². The first-order valence-electron chi connectivity index (χ1n) is 8.77. The third-order valence-corrected chi connectivity index (χ3v) is 5.45. The van der Waals surface area contributed by atoms with Crippen LogP contribution in [0.4, 0.5) is 5.69 Å². The molecule has 1 aliphatic rings. The van der Waals surface area contributed by atoms with Crippen LogP contribution in [0.15, 0.2) is 53.0 Å². The monoisotopic (exact) mass is 464 g/mol. The van der Waals surface area contributed by atoms with Crippen molar-refractivity contribution in [2.75, 3.05) is 37.0 Å². The van der Waals surface area contributed by atoms with Crippen molar-refractivity contribution in [3.05, 3.63) is 53.0 Å². The van der Waals surface area contributed by atoms with Gasteiger partial charge in [-0.3, -0.25) is 9.59 Å². The van der Waals surface area contributed by atoms with Gasteiger partial charge in [0, 0.05) is 17.2 Å². The summed E-state index contributed by atoms with van der Waals surface area (Å²) >= 11 is 4.65. The number of carbonyl (C=O) groups excluding carboxylic acids is 2. The Morgan fingerprint density at radius 1 is 1.18 bits per heavy atom. The van der Waals surface area contributed by atoms with Crippen LogP contribution in [-0.4, -0.2) is 54.5 Å². The van der Waals surface area contributed by atoms with Crippen LogP contribution in [-0.2, 0) is 9.59 Å². The fourth-order valence-electron chi connectivity index (χ4n) is 2.66. The van der Waals surface area contributed by atoms with Crippen LogP contribution in [0.1, 0.15) is 0 Å². The van der Waals surface area contributed by atoms with Crippen LogP contribution < -0.4 is 14.8 Å². The number of fused-ring (bicyclic) bond motifs is 1. The number of thioether (sulfide) groups is 1. The van der Waals surface area contributed by atoms with Crippen molar-refractivity contribution >= 4 is 45.2 Å². The predicted octanol–water partition coefficient (Wildman–Crippen LogP) is 3.42. The van der Waals surface area contributed by atoms with Crippen LogP contribution in [0.5, 0.6) is 11.5 Å². The molecule has 0 radical (unpaired) electrons. The zero-order valence-electron chi connectivity index (χ0n) is 15.4. The molecule has 1 N–H and O–H groups in total. The molecule has 8 heteroatoms. The highest BCUT2D eigenvalue weighted by Gasteiger charge is 2.23. The summed E-state index contributed by atoms with van der Waals surface area (Å²) in [5, 5.41) is 2.81. The molecule has 2 aromatic carbocycles. The van der Waals surface area contributed by atoms with E-state index in [1.165, 1.54) is 11.8 Å². The van der Waals surface area contributed by atoms with Gasteiger partial charge < -0.3 is 19.7 Å². The number of nitrogens with one attached hydrogen (secondary N) is 1. The van der Waals surface area contributed by atoms with E-state index in [1.807, 2.05) is 48.5 Å². The second kappa shape index (κ2) is 9.84. The highest BCUT2D eigenvalue weighted by atomic mass is 79.9. The molecule has 1 aliphatic heterocycles. The Morgan fingerprint density at radius 2 is 1.96 bits per heavy atom. The van der Waals surface area contributed by atoms with Gasteiger partial charge in [0.15, 0.2) is 17.6 Å². The van der Waals surface area contributed by atoms with E-state index in [-0.39, 0.29) is 29.4 Å². The molecule has 0 bridgehead atoms. The molecule has 1 heterocycles. The number of ether oxygens (including phenoxy) is 2. The lowest BCUT2D eigenvalue weighted by Crippen LogP contribution is -2.42. The molecule has 0 aliphatic carbocycles. The van der Waals surface area contributed by atoms with Crippen LogP contribution in [0.2, 0.25) is 0 Å². The molecule has 0 spiro atoms. The summed E-state index contributed by atoms with van der Waals surface area (Å²) in [5.41, 5.74) is 0.721. The van der Waals surface area contributed by atoms with Crippen LogP contribution >= 0.6 is 27.7 Å². The van der Waals surface area contributed by atoms with E-state index in [0.29, 0.717) is 18.9 Å². The molecule has 2 aromatic rings. The second-order valence-electron chi connectivity index (χ2n) is 6.32. The minimum Gasteiger partial charge on any atom is -0.486 e. The van der Waals surface area contributed by atoms with E-state index in [4.69, 9.17) is 9.47 Å². The lowest BCUT2D eigenvalue weighted by atomic mass is 10.2. The van der Waals surface area contributed by atoms with Crippen molar-refractivity contribution in [1.29, 1.82) is 0 Å². The number of para-hydroxylation sites is 2. The second-order valence-corrected chi connectivity index (χ2v) is 8.22. The number of amides is 2. The minimum absolute atomic E-state index is 0.0530. The number of hydrogen-bond acceptors (Lipinski definition) is 5. The molecule has 6 nitrogen and oxygen atoms in total. The Hall–Kier alpha value is -2.19. The highest BCUT2D eigenvalue weighted by molar-refractivity contribution is 9.10. The number of benzene rings is 2. The summed E-state index contributed by atoms with van der Waals surface area (Å²) < 4.78 is 12.4. The first-order valence-corrected chi connectivity index (χ1v) is 10.7. The third kappa shape index (κ3) is 5.90. The maximum atomic E-state index is 12.3. The number of rotatable bonds is 7.